The van der Waals surface area contributed by atoms with Crippen molar-refractivity contribution in [2.75, 3.05) is 32.1 Å². The Balaban J connectivity index is 0.000000250. The molecular weight excluding hydrogens is 535 g/mol. The number of carbonyl (C=O) groups excluding carboxylic acids is 2. The SMILES string of the molecule is CC(C)(C)c1cc(-c2ccc(C(F)(F)F)cc2)nn2cc(C=O)nc12.CN(CCN(C)C(C)(C)C=O)c1cnc[nH]1. The number of fused-ring (bicyclic) bond motifs is 1. The first-order valence-electron chi connectivity index (χ1n) is 13.0. The van der Waals surface area contributed by atoms with Gasteiger partial charge < -0.3 is 14.7 Å². The number of halogens is 3. The van der Waals surface area contributed by atoms with Crippen LogP contribution in [-0.2, 0) is 16.4 Å². The Labute approximate surface area is 237 Å². The summed E-state index contributed by atoms with van der Waals surface area (Å²) in [7, 11) is 3.95. The Morgan fingerprint density at radius 2 is 1.66 bits per heavy atom. The zero-order valence-electron chi connectivity index (χ0n) is 24.3. The van der Waals surface area contributed by atoms with Crippen LogP contribution in [0.25, 0.3) is 16.9 Å². The standard InChI is InChI=1S/C18H16F3N3O.C11H20N4O/c1-17(2,3)14-8-15(23-24-9-13(10-25)22-16(14)24)11-4-6-12(7-5-11)18(19,20)21;1-11(2,8-16)15(4)6-5-14(3)10-7-12-9-13-10/h4-10H,1-3H3;7-9H,5-6H2,1-4H3,(H,12,13). The van der Waals surface area contributed by atoms with E-state index in [0.717, 1.165) is 42.9 Å². The minimum atomic E-state index is -4.38. The van der Waals surface area contributed by atoms with Crippen LogP contribution >= 0.6 is 0 Å². The largest absolute Gasteiger partial charge is 0.416 e. The van der Waals surface area contributed by atoms with E-state index in [4.69, 9.17) is 0 Å². The molecule has 4 rings (SSSR count). The van der Waals surface area contributed by atoms with Gasteiger partial charge in [-0.15, -0.1) is 0 Å². The number of hydrogen-bond acceptors (Lipinski definition) is 7. The van der Waals surface area contributed by atoms with Crippen molar-refractivity contribution in [3.63, 3.8) is 0 Å². The van der Waals surface area contributed by atoms with Crippen LogP contribution in [0.15, 0.2) is 49.1 Å². The second-order valence-electron chi connectivity index (χ2n) is 11.4. The molecule has 0 unspecified atom stereocenters. The third-order valence-corrected chi connectivity index (χ3v) is 6.82. The number of hydrogen-bond donors (Lipinski definition) is 1. The maximum absolute atomic E-state index is 12.7. The molecule has 0 fully saturated rings. The number of H-pyrrole nitrogens is 1. The van der Waals surface area contributed by atoms with E-state index in [1.807, 2.05) is 53.6 Å². The Morgan fingerprint density at radius 3 is 2.17 bits per heavy atom. The number of likely N-dealkylation sites (N-methyl/N-ethyl adjacent to an activating group) is 2. The molecule has 0 atom stereocenters. The Morgan fingerprint density at radius 1 is 1.00 bits per heavy atom. The molecule has 0 saturated carbocycles. The van der Waals surface area contributed by atoms with Gasteiger partial charge in [-0.3, -0.25) is 9.69 Å². The van der Waals surface area contributed by atoms with E-state index in [9.17, 15) is 22.8 Å². The molecule has 3 aromatic heterocycles. The zero-order chi connectivity index (χ0) is 30.6. The minimum absolute atomic E-state index is 0.252. The van der Waals surface area contributed by atoms with Crippen LogP contribution in [0.4, 0.5) is 19.0 Å². The number of carbonyl (C=O) groups is 2. The number of nitrogens with one attached hydrogen (secondary N) is 1. The summed E-state index contributed by atoms with van der Waals surface area (Å²) in [6, 6.07) is 6.65. The van der Waals surface area contributed by atoms with Crippen LogP contribution in [-0.4, -0.2) is 74.8 Å². The number of aromatic amines is 1. The van der Waals surface area contributed by atoms with Gasteiger partial charge in [-0.25, -0.2) is 14.5 Å². The van der Waals surface area contributed by atoms with Crippen LogP contribution in [0.2, 0.25) is 0 Å². The smallest absolute Gasteiger partial charge is 0.359 e. The van der Waals surface area contributed by atoms with Crippen LogP contribution in [0, 0.1) is 0 Å². The van der Waals surface area contributed by atoms with Crippen molar-refractivity contribution < 1.29 is 22.8 Å². The summed E-state index contributed by atoms with van der Waals surface area (Å²) in [5, 5.41) is 4.39. The van der Waals surface area contributed by atoms with Crippen molar-refractivity contribution >= 4 is 24.0 Å². The number of aldehydes is 2. The molecule has 0 amide bonds. The van der Waals surface area contributed by atoms with E-state index in [1.165, 1.54) is 22.8 Å². The van der Waals surface area contributed by atoms with E-state index < -0.39 is 17.3 Å². The van der Waals surface area contributed by atoms with Crippen LogP contribution < -0.4 is 4.90 Å². The molecule has 1 aromatic carbocycles. The summed E-state index contributed by atoms with van der Waals surface area (Å²) in [5.74, 6) is 0.984. The lowest BCUT2D eigenvalue weighted by Gasteiger charge is -2.31. The topological polar surface area (TPSA) is 99.5 Å². The lowest BCUT2D eigenvalue weighted by molar-refractivity contribution is -0.137. The number of anilines is 1. The molecule has 0 aliphatic heterocycles. The predicted octanol–water partition coefficient (Wildman–Crippen LogP) is 5.28. The molecule has 12 heteroatoms. The van der Waals surface area contributed by atoms with Gasteiger partial charge in [0.05, 0.1) is 35.5 Å². The summed E-state index contributed by atoms with van der Waals surface area (Å²) >= 11 is 0. The zero-order valence-corrected chi connectivity index (χ0v) is 24.3. The molecule has 0 bridgehead atoms. The summed E-state index contributed by atoms with van der Waals surface area (Å²) in [6.07, 6.45) is 2.18. The highest BCUT2D eigenvalue weighted by atomic mass is 19.4. The fourth-order valence-electron chi connectivity index (χ4n) is 3.83. The molecule has 41 heavy (non-hydrogen) atoms. The summed E-state index contributed by atoms with van der Waals surface area (Å²) in [5.41, 5.74) is 1.34. The summed E-state index contributed by atoms with van der Waals surface area (Å²) in [4.78, 5) is 37.3. The number of nitrogens with zero attached hydrogens (tertiary/aromatic N) is 6. The molecular formula is C29H36F3N7O2. The summed E-state index contributed by atoms with van der Waals surface area (Å²) in [6.45, 7) is 11.5. The van der Waals surface area contributed by atoms with Gasteiger partial charge in [0.25, 0.3) is 0 Å². The lowest BCUT2D eigenvalue weighted by atomic mass is 9.87. The first-order chi connectivity index (χ1) is 19.1. The summed E-state index contributed by atoms with van der Waals surface area (Å²) < 4.78 is 39.7. The van der Waals surface area contributed by atoms with Crippen molar-refractivity contribution in [2.24, 2.45) is 0 Å². The monoisotopic (exact) mass is 571 g/mol. The maximum atomic E-state index is 12.7. The van der Waals surface area contributed by atoms with E-state index in [0.29, 0.717) is 23.2 Å². The van der Waals surface area contributed by atoms with E-state index >= 15 is 0 Å². The van der Waals surface area contributed by atoms with Gasteiger partial charge in [-0.05, 0) is 44.5 Å². The maximum Gasteiger partial charge on any atom is 0.416 e. The number of aromatic nitrogens is 5. The predicted molar refractivity (Wildman–Crippen MR) is 152 cm³/mol. The second-order valence-corrected chi connectivity index (χ2v) is 11.4. The molecule has 0 aliphatic carbocycles. The Hall–Kier alpha value is -4.06. The average Bonchev–Trinajstić information content (AvgIpc) is 3.60. The van der Waals surface area contributed by atoms with Gasteiger partial charge in [0.15, 0.2) is 11.9 Å². The van der Waals surface area contributed by atoms with Gasteiger partial charge >= 0.3 is 6.18 Å². The van der Waals surface area contributed by atoms with Gasteiger partial charge in [-0.2, -0.15) is 18.3 Å². The molecule has 0 radical (unpaired) electrons. The highest BCUT2D eigenvalue weighted by Crippen LogP contribution is 2.32. The van der Waals surface area contributed by atoms with Gasteiger partial charge in [0.1, 0.15) is 17.8 Å². The van der Waals surface area contributed by atoms with Crippen LogP contribution in [0.3, 0.4) is 0 Å². The molecule has 1 N–H and O–H groups in total. The van der Waals surface area contributed by atoms with Crippen molar-refractivity contribution in [3.05, 3.63) is 65.9 Å². The molecule has 220 valence electrons. The number of alkyl halides is 3. The van der Waals surface area contributed by atoms with Crippen molar-refractivity contribution in [1.82, 2.24) is 29.5 Å². The van der Waals surface area contributed by atoms with E-state index in [1.54, 1.807) is 18.6 Å². The third kappa shape index (κ3) is 7.78. The third-order valence-electron chi connectivity index (χ3n) is 6.82. The van der Waals surface area contributed by atoms with Crippen molar-refractivity contribution in [2.45, 2.75) is 51.7 Å². The Kier molecular flexibility index (Phi) is 9.37. The normalized spacial score (nSPS) is 12.3. The fraction of sp³-hybridized carbons (Fsp3) is 0.414. The number of benzene rings is 1. The van der Waals surface area contributed by atoms with Crippen LogP contribution in [0.1, 0.15) is 56.2 Å². The van der Waals surface area contributed by atoms with Crippen molar-refractivity contribution in [1.29, 1.82) is 0 Å². The minimum Gasteiger partial charge on any atom is -0.359 e. The molecule has 9 nitrogen and oxygen atoms in total. The first-order valence-corrected chi connectivity index (χ1v) is 13.0. The fourth-order valence-corrected chi connectivity index (χ4v) is 3.83. The van der Waals surface area contributed by atoms with Crippen molar-refractivity contribution in [3.8, 4) is 11.3 Å². The highest BCUT2D eigenvalue weighted by Gasteiger charge is 2.30. The van der Waals surface area contributed by atoms with Gasteiger partial charge in [-0.1, -0.05) is 32.9 Å². The molecule has 0 saturated heterocycles. The Bertz CT molecular complexity index is 1450. The number of imidazole rings is 2. The van der Waals surface area contributed by atoms with Crippen LogP contribution in [0.5, 0.6) is 0 Å². The number of rotatable bonds is 8. The molecule has 0 aliphatic rings. The molecule has 3 heterocycles. The quantitative estimate of drug-likeness (QED) is 0.287. The second kappa shape index (κ2) is 12.2. The van der Waals surface area contributed by atoms with E-state index in [-0.39, 0.29) is 11.1 Å². The molecule has 0 spiro atoms. The lowest BCUT2D eigenvalue weighted by Crippen LogP contribution is -2.45. The molecule has 4 aromatic rings. The van der Waals surface area contributed by atoms with Gasteiger partial charge in [0.2, 0.25) is 0 Å². The van der Waals surface area contributed by atoms with Gasteiger partial charge in [0, 0.05) is 31.3 Å². The average molecular weight is 572 g/mol. The highest BCUT2D eigenvalue weighted by molar-refractivity contribution is 5.74. The van der Waals surface area contributed by atoms with E-state index in [2.05, 4.69) is 25.0 Å². The first kappa shape index (κ1) is 31.5.